The van der Waals surface area contributed by atoms with E-state index in [0.29, 0.717) is 5.92 Å². The summed E-state index contributed by atoms with van der Waals surface area (Å²) in [6, 6.07) is 12.8. The summed E-state index contributed by atoms with van der Waals surface area (Å²) in [4.78, 5) is 0. The van der Waals surface area contributed by atoms with Crippen molar-refractivity contribution in [3.05, 3.63) is 70.5 Å². The lowest BCUT2D eigenvalue weighted by molar-refractivity contribution is 0.622. The van der Waals surface area contributed by atoms with Crippen LogP contribution in [0.2, 0.25) is 0 Å². The van der Waals surface area contributed by atoms with Crippen molar-refractivity contribution in [1.29, 1.82) is 0 Å². The standard InChI is InChI=1S/C18H22FN/c1-12(2)9-14-5-4-6-15(10-14)18(20)17-11-16(19)8-7-13(17)3/h4-8,10-12,18H,9,20H2,1-3H3. The lowest BCUT2D eigenvalue weighted by Crippen LogP contribution is -2.14. The van der Waals surface area contributed by atoms with Gasteiger partial charge in [0.25, 0.3) is 0 Å². The number of benzene rings is 2. The maximum atomic E-state index is 13.4. The van der Waals surface area contributed by atoms with Crippen LogP contribution in [0, 0.1) is 18.7 Å². The van der Waals surface area contributed by atoms with Gasteiger partial charge >= 0.3 is 0 Å². The molecular formula is C18H22FN. The summed E-state index contributed by atoms with van der Waals surface area (Å²) in [5.41, 5.74) is 10.5. The fourth-order valence-corrected chi connectivity index (χ4v) is 2.51. The molecule has 0 fully saturated rings. The third-order valence-corrected chi connectivity index (χ3v) is 3.53. The molecule has 2 rings (SSSR count). The van der Waals surface area contributed by atoms with Gasteiger partial charge in [0.05, 0.1) is 6.04 Å². The summed E-state index contributed by atoms with van der Waals surface area (Å²) in [6.45, 7) is 6.36. The highest BCUT2D eigenvalue weighted by Gasteiger charge is 2.13. The molecule has 2 aromatic carbocycles. The normalized spacial score (nSPS) is 12.7. The van der Waals surface area contributed by atoms with Gasteiger partial charge in [0.15, 0.2) is 0 Å². The lowest BCUT2D eigenvalue weighted by atomic mass is 9.93. The second-order valence-electron chi connectivity index (χ2n) is 5.82. The second kappa shape index (κ2) is 6.19. The summed E-state index contributed by atoms with van der Waals surface area (Å²) in [7, 11) is 0. The van der Waals surface area contributed by atoms with E-state index < -0.39 is 0 Å². The Labute approximate surface area is 120 Å². The van der Waals surface area contributed by atoms with Crippen molar-refractivity contribution in [3.8, 4) is 0 Å². The zero-order chi connectivity index (χ0) is 14.7. The quantitative estimate of drug-likeness (QED) is 0.877. The largest absolute Gasteiger partial charge is 0.320 e. The van der Waals surface area contributed by atoms with Gasteiger partial charge in [-0.1, -0.05) is 44.2 Å². The average Bonchev–Trinajstić information content (AvgIpc) is 2.40. The molecule has 0 spiro atoms. The zero-order valence-electron chi connectivity index (χ0n) is 12.4. The summed E-state index contributed by atoms with van der Waals surface area (Å²) in [5.74, 6) is 0.372. The van der Waals surface area contributed by atoms with Crippen molar-refractivity contribution in [2.45, 2.75) is 33.2 Å². The Bertz CT molecular complexity index is 590. The fourth-order valence-electron chi connectivity index (χ4n) is 2.51. The highest BCUT2D eigenvalue weighted by Crippen LogP contribution is 2.24. The van der Waals surface area contributed by atoms with Crippen LogP contribution in [-0.2, 0) is 6.42 Å². The first kappa shape index (κ1) is 14.7. The Morgan fingerprint density at radius 3 is 2.55 bits per heavy atom. The van der Waals surface area contributed by atoms with Crippen molar-refractivity contribution >= 4 is 0 Å². The maximum absolute atomic E-state index is 13.4. The minimum Gasteiger partial charge on any atom is -0.320 e. The number of halogens is 1. The molecule has 1 nitrogen and oxygen atoms in total. The van der Waals surface area contributed by atoms with Gasteiger partial charge in [0, 0.05) is 0 Å². The number of hydrogen-bond acceptors (Lipinski definition) is 1. The van der Waals surface area contributed by atoms with Crippen molar-refractivity contribution < 1.29 is 4.39 Å². The van der Waals surface area contributed by atoms with E-state index in [1.54, 1.807) is 6.07 Å². The van der Waals surface area contributed by atoms with Gasteiger partial charge in [-0.05, 0) is 53.6 Å². The van der Waals surface area contributed by atoms with Crippen molar-refractivity contribution in [2.75, 3.05) is 0 Å². The molecule has 0 aliphatic rings. The first-order valence-corrected chi connectivity index (χ1v) is 7.08. The van der Waals surface area contributed by atoms with E-state index in [0.717, 1.165) is 23.1 Å². The van der Waals surface area contributed by atoms with Gasteiger partial charge in [0.1, 0.15) is 5.82 Å². The number of hydrogen-bond donors (Lipinski definition) is 1. The fraction of sp³-hybridized carbons (Fsp3) is 0.333. The maximum Gasteiger partial charge on any atom is 0.123 e. The third-order valence-electron chi connectivity index (χ3n) is 3.53. The Morgan fingerprint density at radius 2 is 1.85 bits per heavy atom. The minimum atomic E-state index is -0.280. The Hall–Kier alpha value is -1.67. The highest BCUT2D eigenvalue weighted by atomic mass is 19.1. The molecule has 1 atom stereocenters. The molecular weight excluding hydrogens is 249 g/mol. The van der Waals surface area contributed by atoms with Crippen molar-refractivity contribution in [3.63, 3.8) is 0 Å². The van der Waals surface area contributed by atoms with Gasteiger partial charge in [0.2, 0.25) is 0 Å². The van der Waals surface area contributed by atoms with Crippen LogP contribution in [0.1, 0.15) is 42.1 Å². The predicted molar refractivity (Wildman–Crippen MR) is 82.2 cm³/mol. The van der Waals surface area contributed by atoms with E-state index in [-0.39, 0.29) is 11.9 Å². The first-order chi connectivity index (χ1) is 9.47. The van der Waals surface area contributed by atoms with Crippen molar-refractivity contribution in [1.82, 2.24) is 0 Å². The smallest absolute Gasteiger partial charge is 0.123 e. The molecule has 106 valence electrons. The summed E-state index contributed by atoms with van der Waals surface area (Å²) in [5, 5.41) is 0. The predicted octanol–water partition coefficient (Wildman–Crippen LogP) is 4.38. The molecule has 1 unspecified atom stereocenters. The minimum absolute atomic E-state index is 0.237. The molecule has 0 aromatic heterocycles. The molecule has 2 heteroatoms. The molecule has 0 heterocycles. The summed E-state index contributed by atoms with van der Waals surface area (Å²) in [6.07, 6.45) is 1.03. The molecule has 0 aliphatic carbocycles. The molecule has 0 bridgehead atoms. The SMILES string of the molecule is Cc1ccc(F)cc1C(N)c1cccc(CC(C)C)c1. The third kappa shape index (κ3) is 3.45. The first-order valence-electron chi connectivity index (χ1n) is 7.08. The Morgan fingerprint density at radius 1 is 1.10 bits per heavy atom. The van der Waals surface area contributed by atoms with Crippen LogP contribution in [0.15, 0.2) is 42.5 Å². The van der Waals surface area contributed by atoms with Crippen LogP contribution in [0.25, 0.3) is 0 Å². The number of nitrogens with two attached hydrogens (primary N) is 1. The number of rotatable bonds is 4. The topological polar surface area (TPSA) is 26.0 Å². The molecule has 0 saturated heterocycles. The molecule has 0 radical (unpaired) electrons. The Kier molecular flexibility index (Phi) is 4.56. The van der Waals surface area contributed by atoms with E-state index in [1.807, 2.05) is 19.1 Å². The van der Waals surface area contributed by atoms with Gasteiger partial charge < -0.3 is 5.73 Å². The molecule has 20 heavy (non-hydrogen) atoms. The van der Waals surface area contributed by atoms with Gasteiger partial charge in [-0.3, -0.25) is 0 Å². The summed E-state index contributed by atoms with van der Waals surface area (Å²) >= 11 is 0. The van der Waals surface area contributed by atoms with Gasteiger partial charge in [-0.25, -0.2) is 4.39 Å². The monoisotopic (exact) mass is 271 g/mol. The second-order valence-corrected chi connectivity index (χ2v) is 5.82. The molecule has 2 N–H and O–H groups in total. The average molecular weight is 271 g/mol. The van der Waals surface area contributed by atoms with Crippen LogP contribution in [0.5, 0.6) is 0 Å². The molecule has 0 aliphatic heterocycles. The van der Waals surface area contributed by atoms with E-state index in [1.165, 1.54) is 17.7 Å². The lowest BCUT2D eigenvalue weighted by Gasteiger charge is -2.17. The van der Waals surface area contributed by atoms with Crippen molar-refractivity contribution in [2.24, 2.45) is 11.7 Å². The van der Waals surface area contributed by atoms with Gasteiger partial charge in [-0.2, -0.15) is 0 Å². The van der Waals surface area contributed by atoms with E-state index in [4.69, 9.17) is 5.73 Å². The molecule has 0 amide bonds. The van der Waals surface area contributed by atoms with Crippen LogP contribution < -0.4 is 5.73 Å². The van der Waals surface area contributed by atoms with Crippen LogP contribution in [0.3, 0.4) is 0 Å². The highest BCUT2D eigenvalue weighted by molar-refractivity contribution is 5.38. The van der Waals surface area contributed by atoms with E-state index in [2.05, 4.69) is 26.0 Å². The van der Waals surface area contributed by atoms with Gasteiger partial charge in [-0.15, -0.1) is 0 Å². The summed E-state index contributed by atoms with van der Waals surface area (Å²) < 4.78 is 13.4. The molecule has 0 saturated carbocycles. The van der Waals surface area contributed by atoms with Crippen LogP contribution in [-0.4, -0.2) is 0 Å². The van der Waals surface area contributed by atoms with E-state index >= 15 is 0 Å². The number of aryl methyl sites for hydroxylation is 1. The molecule has 2 aromatic rings. The van der Waals surface area contributed by atoms with E-state index in [9.17, 15) is 4.39 Å². The van der Waals surface area contributed by atoms with Crippen LogP contribution >= 0.6 is 0 Å². The zero-order valence-corrected chi connectivity index (χ0v) is 12.4. The Balaban J connectivity index is 2.33. The van der Waals surface area contributed by atoms with Crippen LogP contribution in [0.4, 0.5) is 4.39 Å².